The van der Waals surface area contributed by atoms with E-state index in [2.05, 4.69) is 4.98 Å². The minimum atomic E-state index is 0.493. The Morgan fingerprint density at radius 3 is 2.82 bits per heavy atom. The van der Waals surface area contributed by atoms with Crippen molar-refractivity contribution < 1.29 is 9.53 Å². The van der Waals surface area contributed by atoms with E-state index in [9.17, 15) is 4.79 Å². The molecule has 1 aromatic heterocycles. The molecule has 0 atom stereocenters. The maximum Gasteiger partial charge on any atom is 0.168 e. The third kappa shape index (κ3) is 2.03. The monoisotopic (exact) mass is 250 g/mol. The van der Waals surface area contributed by atoms with Gasteiger partial charge < -0.3 is 9.30 Å². The summed E-state index contributed by atoms with van der Waals surface area (Å²) in [6.07, 6.45) is 2.37. The van der Waals surface area contributed by atoms with Gasteiger partial charge in [-0.2, -0.15) is 0 Å². The van der Waals surface area contributed by atoms with Gasteiger partial charge in [0.1, 0.15) is 11.4 Å². The highest BCUT2D eigenvalue weighted by atomic mass is 35.5. The lowest BCUT2D eigenvalue weighted by Crippen LogP contribution is -1.94. The molecule has 0 aliphatic carbocycles. The van der Waals surface area contributed by atoms with Crippen molar-refractivity contribution in [1.82, 2.24) is 9.55 Å². The van der Waals surface area contributed by atoms with Gasteiger partial charge >= 0.3 is 0 Å². The van der Waals surface area contributed by atoms with E-state index in [0.717, 1.165) is 11.8 Å². The third-order valence-electron chi connectivity index (χ3n) is 2.52. The van der Waals surface area contributed by atoms with Gasteiger partial charge in [-0.25, -0.2) is 4.98 Å². The van der Waals surface area contributed by atoms with E-state index in [0.29, 0.717) is 22.2 Å². The van der Waals surface area contributed by atoms with Crippen LogP contribution < -0.4 is 4.74 Å². The number of aldehydes is 1. The number of methoxy groups -OCH3 is 1. The molecule has 0 saturated heterocycles. The van der Waals surface area contributed by atoms with E-state index in [1.54, 1.807) is 37.2 Å². The van der Waals surface area contributed by atoms with Gasteiger partial charge in [0.25, 0.3) is 0 Å². The Hall–Kier alpha value is -1.81. The predicted octanol–water partition coefficient (Wildman–Crippen LogP) is 2.56. The van der Waals surface area contributed by atoms with Crippen LogP contribution in [0.3, 0.4) is 0 Å². The number of halogens is 1. The summed E-state index contributed by atoms with van der Waals surface area (Å²) in [4.78, 5) is 15.2. The van der Waals surface area contributed by atoms with Crippen LogP contribution in [-0.4, -0.2) is 22.9 Å². The lowest BCUT2D eigenvalue weighted by molar-refractivity contribution is 0.111. The van der Waals surface area contributed by atoms with Crippen molar-refractivity contribution in [2.75, 3.05) is 7.11 Å². The average molecular weight is 251 g/mol. The summed E-state index contributed by atoms with van der Waals surface area (Å²) >= 11 is 6.03. The van der Waals surface area contributed by atoms with Gasteiger partial charge in [-0.1, -0.05) is 11.6 Å². The summed E-state index contributed by atoms with van der Waals surface area (Å²) in [5.74, 6) is 0.596. The van der Waals surface area contributed by atoms with Crippen molar-refractivity contribution in [1.29, 1.82) is 0 Å². The molecule has 0 radical (unpaired) electrons. The summed E-state index contributed by atoms with van der Waals surface area (Å²) < 4.78 is 6.74. The number of hydrogen-bond donors (Lipinski definition) is 0. The van der Waals surface area contributed by atoms with Crippen molar-refractivity contribution in [3.8, 4) is 17.0 Å². The van der Waals surface area contributed by atoms with Gasteiger partial charge in [0.05, 0.1) is 24.2 Å². The molecule has 0 bridgehead atoms. The molecule has 1 aromatic carbocycles. The van der Waals surface area contributed by atoms with Crippen LogP contribution in [0, 0.1) is 0 Å². The first kappa shape index (κ1) is 11.7. The SMILES string of the molecule is COc1ccc(-c2ncn(C)c2C=O)cc1Cl. The van der Waals surface area contributed by atoms with Crippen LogP contribution >= 0.6 is 11.6 Å². The molecule has 0 saturated carbocycles. The Morgan fingerprint density at radius 1 is 1.47 bits per heavy atom. The zero-order valence-corrected chi connectivity index (χ0v) is 10.2. The molecule has 0 aliphatic rings. The van der Waals surface area contributed by atoms with E-state index < -0.39 is 0 Å². The number of ether oxygens (including phenoxy) is 1. The molecule has 0 fully saturated rings. The maximum atomic E-state index is 11.0. The Labute approximate surface area is 104 Å². The smallest absolute Gasteiger partial charge is 0.168 e. The highest BCUT2D eigenvalue weighted by molar-refractivity contribution is 6.32. The topological polar surface area (TPSA) is 44.1 Å². The molecule has 2 rings (SSSR count). The fourth-order valence-electron chi connectivity index (χ4n) is 1.61. The molecule has 0 spiro atoms. The minimum Gasteiger partial charge on any atom is -0.495 e. The molecule has 5 heteroatoms. The first-order chi connectivity index (χ1) is 8.17. The van der Waals surface area contributed by atoms with Crippen molar-refractivity contribution >= 4 is 17.9 Å². The van der Waals surface area contributed by atoms with Gasteiger partial charge in [-0.15, -0.1) is 0 Å². The van der Waals surface area contributed by atoms with Gasteiger partial charge in [-0.05, 0) is 18.2 Å². The highest BCUT2D eigenvalue weighted by Crippen LogP contribution is 2.30. The zero-order valence-electron chi connectivity index (χ0n) is 9.48. The number of hydrogen-bond acceptors (Lipinski definition) is 3. The van der Waals surface area contributed by atoms with Gasteiger partial charge in [0, 0.05) is 12.6 Å². The number of carbonyl (C=O) groups excluding carboxylic acids is 1. The normalized spacial score (nSPS) is 10.3. The molecule has 88 valence electrons. The van der Waals surface area contributed by atoms with Crippen LogP contribution in [0.15, 0.2) is 24.5 Å². The number of aryl methyl sites for hydroxylation is 1. The average Bonchev–Trinajstić information content (AvgIpc) is 2.70. The zero-order chi connectivity index (χ0) is 12.4. The molecule has 0 N–H and O–H groups in total. The Morgan fingerprint density at radius 2 is 2.24 bits per heavy atom. The van der Waals surface area contributed by atoms with Crippen molar-refractivity contribution in [3.05, 3.63) is 35.2 Å². The van der Waals surface area contributed by atoms with Gasteiger partial charge in [0.15, 0.2) is 6.29 Å². The fourth-order valence-corrected chi connectivity index (χ4v) is 1.87. The number of rotatable bonds is 3. The third-order valence-corrected chi connectivity index (χ3v) is 2.81. The van der Waals surface area contributed by atoms with E-state index in [-0.39, 0.29) is 0 Å². The van der Waals surface area contributed by atoms with Gasteiger partial charge in [0.2, 0.25) is 0 Å². The predicted molar refractivity (Wildman–Crippen MR) is 65.6 cm³/mol. The van der Waals surface area contributed by atoms with Crippen LogP contribution in [0.4, 0.5) is 0 Å². The standard InChI is InChI=1S/C12H11ClN2O2/c1-15-7-14-12(10(15)6-16)8-3-4-11(17-2)9(13)5-8/h3-7H,1-2H3. The van der Waals surface area contributed by atoms with Crippen LogP contribution in [0.25, 0.3) is 11.3 Å². The first-order valence-corrected chi connectivity index (χ1v) is 5.35. The minimum absolute atomic E-state index is 0.493. The summed E-state index contributed by atoms with van der Waals surface area (Å²) in [7, 11) is 3.32. The number of nitrogens with zero attached hydrogens (tertiary/aromatic N) is 2. The number of aromatic nitrogens is 2. The number of imidazole rings is 1. The summed E-state index contributed by atoms with van der Waals surface area (Å²) in [6.45, 7) is 0. The van der Waals surface area contributed by atoms with Crippen LogP contribution in [0.5, 0.6) is 5.75 Å². The molecular formula is C12H11ClN2O2. The fraction of sp³-hybridized carbons (Fsp3) is 0.167. The quantitative estimate of drug-likeness (QED) is 0.787. The molecular weight excluding hydrogens is 240 g/mol. The lowest BCUT2D eigenvalue weighted by Gasteiger charge is -2.05. The second kappa shape index (κ2) is 4.59. The molecule has 1 heterocycles. The van der Waals surface area contributed by atoms with E-state index >= 15 is 0 Å². The number of benzene rings is 1. The van der Waals surface area contributed by atoms with E-state index in [4.69, 9.17) is 16.3 Å². The Kier molecular flexibility index (Phi) is 3.15. The highest BCUT2D eigenvalue weighted by Gasteiger charge is 2.11. The molecule has 0 unspecified atom stereocenters. The van der Waals surface area contributed by atoms with Crippen molar-refractivity contribution in [2.24, 2.45) is 7.05 Å². The second-order valence-corrected chi connectivity index (χ2v) is 3.96. The molecule has 2 aromatic rings. The van der Waals surface area contributed by atoms with Crippen molar-refractivity contribution in [2.45, 2.75) is 0 Å². The largest absolute Gasteiger partial charge is 0.495 e. The molecule has 0 aliphatic heterocycles. The molecule has 0 amide bonds. The number of carbonyl (C=O) groups is 1. The maximum absolute atomic E-state index is 11.0. The second-order valence-electron chi connectivity index (χ2n) is 3.56. The van der Waals surface area contributed by atoms with Crippen molar-refractivity contribution in [3.63, 3.8) is 0 Å². The lowest BCUT2D eigenvalue weighted by atomic mass is 10.1. The van der Waals surface area contributed by atoms with Crippen LogP contribution in [0.1, 0.15) is 10.5 Å². The summed E-state index contributed by atoms with van der Waals surface area (Å²) in [6, 6.07) is 5.30. The van der Waals surface area contributed by atoms with Crippen LogP contribution in [0.2, 0.25) is 5.02 Å². The Balaban J connectivity index is 2.53. The van der Waals surface area contributed by atoms with Crippen LogP contribution in [-0.2, 0) is 7.05 Å². The van der Waals surface area contributed by atoms with E-state index in [1.807, 2.05) is 6.07 Å². The van der Waals surface area contributed by atoms with Gasteiger partial charge in [-0.3, -0.25) is 4.79 Å². The summed E-state index contributed by atoms with van der Waals surface area (Å²) in [5, 5.41) is 0.493. The summed E-state index contributed by atoms with van der Waals surface area (Å²) in [5.41, 5.74) is 1.93. The Bertz CT molecular complexity index is 564. The van der Waals surface area contributed by atoms with E-state index in [1.165, 1.54) is 0 Å². The first-order valence-electron chi connectivity index (χ1n) is 4.97. The molecule has 17 heavy (non-hydrogen) atoms. The molecule has 4 nitrogen and oxygen atoms in total.